The van der Waals surface area contributed by atoms with E-state index in [0.29, 0.717) is 6.54 Å². The summed E-state index contributed by atoms with van der Waals surface area (Å²) in [4.78, 5) is 0. The van der Waals surface area contributed by atoms with Gasteiger partial charge in [0.25, 0.3) is 0 Å². The summed E-state index contributed by atoms with van der Waals surface area (Å²) < 4.78 is 7.84. The number of methoxy groups -OCH3 is 1. The van der Waals surface area contributed by atoms with E-state index in [0.717, 1.165) is 21.6 Å². The summed E-state index contributed by atoms with van der Waals surface area (Å²) in [6.07, 6.45) is 1.74. The predicted molar refractivity (Wildman–Crippen MR) is 69.0 cm³/mol. The van der Waals surface area contributed by atoms with Gasteiger partial charge in [0.2, 0.25) is 0 Å². The highest BCUT2D eigenvalue weighted by atomic mass is 79.9. The standard InChI is InChI=1S/C11H13BrN4O/c1-16-9(7-14-15-16)6-13-8-3-4-11(17-2)10(12)5-8/h3-5,7,13H,6H2,1-2H3. The molecule has 0 saturated carbocycles. The van der Waals surface area contributed by atoms with Crippen molar-refractivity contribution in [1.29, 1.82) is 0 Å². The van der Waals surface area contributed by atoms with Crippen LogP contribution in [0.1, 0.15) is 5.69 Å². The Bertz CT molecular complexity index is 512. The minimum Gasteiger partial charge on any atom is -0.496 e. The molecular weight excluding hydrogens is 284 g/mol. The average Bonchev–Trinajstić information content (AvgIpc) is 2.72. The van der Waals surface area contributed by atoms with Gasteiger partial charge < -0.3 is 10.1 Å². The number of rotatable bonds is 4. The summed E-state index contributed by atoms with van der Waals surface area (Å²) in [6, 6.07) is 5.85. The van der Waals surface area contributed by atoms with E-state index in [1.165, 1.54) is 0 Å². The number of ether oxygens (including phenoxy) is 1. The second-order valence-corrected chi connectivity index (χ2v) is 4.41. The number of aryl methyl sites for hydroxylation is 1. The van der Waals surface area contributed by atoms with Crippen LogP contribution in [0.3, 0.4) is 0 Å². The van der Waals surface area contributed by atoms with Crippen LogP contribution < -0.4 is 10.1 Å². The van der Waals surface area contributed by atoms with Crippen LogP contribution in [-0.4, -0.2) is 22.1 Å². The Labute approximate surface area is 108 Å². The van der Waals surface area contributed by atoms with Crippen LogP contribution in [0.2, 0.25) is 0 Å². The Balaban J connectivity index is 2.05. The molecule has 0 atom stereocenters. The first-order valence-corrected chi connectivity index (χ1v) is 5.91. The first kappa shape index (κ1) is 11.9. The van der Waals surface area contributed by atoms with Crippen LogP contribution in [0, 0.1) is 0 Å². The monoisotopic (exact) mass is 296 g/mol. The van der Waals surface area contributed by atoms with Crippen molar-refractivity contribution in [2.75, 3.05) is 12.4 Å². The molecule has 1 N–H and O–H groups in total. The second-order valence-electron chi connectivity index (χ2n) is 3.55. The van der Waals surface area contributed by atoms with Crippen molar-refractivity contribution in [1.82, 2.24) is 15.0 Å². The molecule has 17 heavy (non-hydrogen) atoms. The maximum Gasteiger partial charge on any atom is 0.133 e. The van der Waals surface area contributed by atoms with Crippen LogP contribution in [0.5, 0.6) is 5.75 Å². The van der Waals surface area contributed by atoms with Crippen molar-refractivity contribution < 1.29 is 4.74 Å². The van der Waals surface area contributed by atoms with Crippen molar-refractivity contribution in [3.63, 3.8) is 0 Å². The van der Waals surface area contributed by atoms with Crippen LogP contribution in [0.15, 0.2) is 28.9 Å². The third-order valence-corrected chi connectivity index (χ3v) is 3.05. The summed E-state index contributed by atoms with van der Waals surface area (Å²) in [5.41, 5.74) is 2.04. The number of nitrogens with one attached hydrogen (secondary N) is 1. The van der Waals surface area contributed by atoms with Gasteiger partial charge in [0.05, 0.1) is 30.0 Å². The molecule has 0 radical (unpaired) electrons. The number of benzene rings is 1. The Morgan fingerprint density at radius 2 is 2.29 bits per heavy atom. The minimum absolute atomic E-state index is 0.683. The zero-order valence-electron chi connectivity index (χ0n) is 9.64. The zero-order valence-corrected chi connectivity index (χ0v) is 11.2. The Morgan fingerprint density at radius 3 is 2.88 bits per heavy atom. The number of hydrogen-bond donors (Lipinski definition) is 1. The van der Waals surface area contributed by atoms with E-state index in [4.69, 9.17) is 4.74 Å². The van der Waals surface area contributed by atoms with Crippen LogP contribution in [-0.2, 0) is 13.6 Å². The molecule has 0 unspecified atom stereocenters. The molecule has 2 rings (SSSR count). The van der Waals surface area contributed by atoms with Gasteiger partial charge >= 0.3 is 0 Å². The van der Waals surface area contributed by atoms with Gasteiger partial charge in [-0.1, -0.05) is 5.21 Å². The van der Waals surface area contributed by atoms with E-state index in [1.807, 2.05) is 25.2 Å². The smallest absolute Gasteiger partial charge is 0.133 e. The summed E-state index contributed by atoms with van der Waals surface area (Å²) >= 11 is 3.45. The Kier molecular flexibility index (Phi) is 3.63. The van der Waals surface area contributed by atoms with E-state index >= 15 is 0 Å². The van der Waals surface area contributed by atoms with Gasteiger partial charge in [0.1, 0.15) is 5.75 Å². The van der Waals surface area contributed by atoms with Crippen molar-refractivity contribution >= 4 is 21.6 Å². The lowest BCUT2D eigenvalue weighted by Gasteiger charge is -2.08. The minimum atomic E-state index is 0.683. The average molecular weight is 297 g/mol. The molecule has 0 saturated heterocycles. The maximum absolute atomic E-state index is 5.17. The lowest BCUT2D eigenvalue weighted by molar-refractivity contribution is 0.412. The number of hydrogen-bond acceptors (Lipinski definition) is 4. The number of anilines is 1. The second kappa shape index (κ2) is 5.18. The largest absolute Gasteiger partial charge is 0.496 e. The van der Waals surface area contributed by atoms with Crippen LogP contribution in [0.25, 0.3) is 0 Å². The van der Waals surface area contributed by atoms with E-state index in [-0.39, 0.29) is 0 Å². The van der Waals surface area contributed by atoms with E-state index in [2.05, 4.69) is 31.6 Å². The molecule has 0 aliphatic heterocycles. The predicted octanol–water partition coefficient (Wildman–Crippen LogP) is 2.20. The fraction of sp³-hybridized carbons (Fsp3) is 0.273. The third-order valence-electron chi connectivity index (χ3n) is 2.43. The molecule has 6 heteroatoms. The van der Waals surface area contributed by atoms with E-state index in [1.54, 1.807) is 18.0 Å². The Hall–Kier alpha value is -1.56. The molecule has 0 aliphatic rings. The fourth-order valence-corrected chi connectivity index (χ4v) is 1.98. The van der Waals surface area contributed by atoms with Crippen molar-refractivity contribution in [2.24, 2.45) is 7.05 Å². The lowest BCUT2D eigenvalue weighted by atomic mass is 10.3. The van der Waals surface area contributed by atoms with Crippen LogP contribution in [0.4, 0.5) is 5.69 Å². The van der Waals surface area contributed by atoms with Gasteiger partial charge in [-0.05, 0) is 34.1 Å². The molecule has 0 aliphatic carbocycles. The molecule has 0 amide bonds. The topological polar surface area (TPSA) is 52.0 Å². The molecule has 1 aromatic heterocycles. The highest BCUT2D eigenvalue weighted by Gasteiger charge is 2.03. The number of aromatic nitrogens is 3. The van der Waals surface area contributed by atoms with Crippen LogP contribution >= 0.6 is 15.9 Å². The molecule has 1 aromatic carbocycles. The van der Waals surface area contributed by atoms with Gasteiger partial charge in [-0.25, -0.2) is 0 Å². The van der Waals surface area contributed by atoms with Crippen molar-refractivity contribution in [3.8, 4) is 5.75 Å². The van der Waals surface area contributed by atoms with Crippen molar-refractivity contribution in [2.45, 2.75) is 6.54 Å². The normalized spacial score (nSPS) is 10.3. The Morgan fingerprint density at radius 1 is 1.47 bits per heavy atom. The summed E-state index contributed by atoms with van der Waals surface area (Å²) in [7, 11) is 3.52. The highest BCUT2D eigenvalue weighted by Crippen LogP contribution is 2.27. The number of halogens is 1. The number of nitrogens with zero attached hydrogens (tertiary/aromatic N) is 3. The van der Waals surface area contributed by atoms with Gasteiger partial charge in [-0.15, -0.1) is 5.10 Å². The molecule has 0 fully saturated rings. The molecular formula is C11H13BrN4O. The SMILES string of the molecule is COc1ccc(NCc2cnnn2C)cc1Br. The quantitative estimate of drug-likeness (QED) is 0.940. The first-order valence-electron chi connectivity index (χ1n) is 5.11. The highest BCUT2D eigenvalue weighted by molar-refractivity contribution is 9.10. The maximum atomic E-state index is 5.17. The lowest BCUT2D eigenvalue weighted by Crippen LogP contribution is -2.05. The molecule has 90 valence electrons. The summed E-state index contributed by atoms with van der Waals surface area (Å²) in [6.45, 7) is 0.683. The van der Waals surface area contributed by atoms with Gasteiger partial charge in [0.15, 0.2) is 0 Å². The van der Waals surface area contributed by atoms with E-state index in [9.17, 15) is 0 Å². The zero-order chi connectivity index (χ0) is 12.3. The molecule has 0 bridgehead atoms. The molecule has 0 spiro atoms. The van der Waals surface area contributed by atoms with Crippen molar-refractivity contribution in [3.05, 3.63) is 34.6 Å². The van der Waals surface area contributed by atoms with E-state index < -0.39 is 0 Å². The fourth-order valence-electron chi connectivity index (χ4n) is 1.44. The third kappa shape index (κ3) is 2.76. The molecule has 1 heterocycles. The first-order chi connectivity index (χ1) is 8.20. The molecule has 2 aromatic rings. The summed E-state index contributed by atoms with van der Waals surface area (Å²) in [5.74, 6) is 0.817. The molecule has 5 nitrogen and oxygen atoms in total. The van der Waals surface area contributed by atoms with Gasteiger partial charge in [-0.3, -0.25) is 4.68 Å². The van der Waals surface area contributed by atoms with Gasteiger partial charge in [0, 0.05) is 12.7 Å². The summed E-state index contributed by atoms with van der Waals surface area (Å²) in [5, 5.41) is 11.0. The van der Waals surface area contributed by atoms with Gasteiger partial charge in [-0.2, -0.15) is 0 Å².